The van der Waals surface area contributed by atoms with Crippen molar-refractivity contribution >= 4 is 33.2 Å². The van der Waals surface area contributed by atoms with Crippen LogP contribution in [0, 0.1) is 5.82 Å². The molecule has 1 heterocycles. The summed E-state index contributed by atoms with van der Waals surface area (Å²) in [5, 5.41) is 2.46. The summed E-state index contributed by atoms with van der Waals surface area (Å²) in [4.78, 5) is 15.6. The molecule has 2 rings (SSSR count). The molecule has 0 aliphatic heterocycles. The monoisotopic (exact) mass is 357 g/mol. The summed E-state index contributed by atoms with van der Waals surface area (Å²) < 4.78 is 19.4. The molecule has 0 amide bonds. The maximum atomic E-state index is 13.8. The Labute approximate surface area is 128 Å². The maximum Gasteiger partial charge on any atom is 0.306 e. The fourth-order valence-electron chi connectivity index (χ4n) is 1.67. The predicted molar refractivity (Wildman–Crippen MR) is 80.2 cm³/mol. The van der Waals surface area contributed by atoms with Gasteiger partial charge in [0.2, 0.25) is 0 Å². The van der Waals surface area contributed by atoms with Crippen LogP contribution < -0.4 is 0 Å². The molecular formula is C14H13BrFNO2S. The Morgan fingerprint density at radius 3 is 3.05 bits per heavy atom. The first-order chi connectivity index (χ1) is 9.60. The van der Waals surface area contributed by atoms with Gasteiger partial charge in [-0.2, -0.15) is 0 Å². The van der Waals surface area contributed by atoms with Crippen LogP contribution in [-0.2, 0) is 16.0 Å². The van der Waals surface area contributed by atoms with Gasteiger partial charge in [-0.1, -0.05) is 15.9 Å². The van der Waals surface area contributed by atoms with E-state index in [2.05, 4.69) is 20.9 Å². The van der Waals surface area contributed by atoms with Gasteiger partial charge < -0.3 is 4.74 Å². The second-order valence-corrected chi connectivity index (χ2v) is 5.85. The lowest BCUT2D eigenvalue weighted by molar-refractivity contribution is -0.143. The Bertz CT molecular complexity index is 615. The number of hydrogen-bond donors (Lipinski definition) is 0. The summed E-state index contributed by atoms with van der Waals surface area (Å²) >= 11 is 4.68. The molecule has 1 aromatic carbocycles. The van der Waals surface area contributed by atoms with Gasteiger partial charge in [0.1, 0.15) is 10.8 Å². The highest BCUT2D eigenvalue weighted by atomic mass is 79.9. The van der Waals surface area contributed by atoms with Crippen molar-refractivity contribution in [2.75, 3.05) is 6.61 Å². The number of nitrogens with zero attached hydrogens (tertiary/aromatic N) is 1. The van der Waals surface area contributed by atoms with Gasteiger partial charge in [0.25, 0.3) is 0 Å². The Morgan fingerprint density at radius 2 is 2.30 bits per heavy atom. The zero-order valence-electron chi connectivity index (χ0n) is 10.9. The van der Waals surface area contributed by atoms with Crippen LogP contribution in [-0.4, -0.2) is 17.6 Å². The van der Waals surface area contributed by atoms with Gasteiger partial charge in [-0.15, -0.1) is 11.3 Å². The number of rotatable bonds is 5. The number of ether oxygens (including phenoxy) is 1. The third-order valence-corrected chi connectivity index (χ3v) is 4.02. The van der Waals surface area contributed by atoms with E-state index < -0.39 is 0 Å². The van der Waals surface area contributed by atoms with Gasteiger partial charge in [0.15, 0.2) is 0 Å². The van der Waals surface area contributed by atoms with Gasteiger partial charge >= 0.3 is 5.97 Å². The van der Waals surface area contributed by atoms with Crippen molar-refractivity contribution in [1.29, 1.82) is 0 Å². The van der Waals surface area contributed by atoms with E-state index in [-0.39, 0.29) is 18.2 Å². The fraction of sp³-hybridized carbons (Fsp3) is 0.286. The Kier molecular flexibility index (Phi) is 5.25. The van der Waals surface area contributed by atoms with E-state index in [1.807, 2.05) is 5.38 Å². The molecule has 6 heteroatoms. The largest absolute Gasteiger partial charge is 0.466 e. The molecule has 0 aliphatic rings. The maximum absolute atomic E-state index is 13.8. The van der Waals surface area contributed by atoms with E-state index in [0.717, 1.165) is 10.2 Å². The first-order valence-electron chi connectivity index (χ1n) is 6.15. The van der Waals surface area contributed by atoms with Crippen molar-refractivity contribution in [2.24, 2.45) is 0 Å². The molecule has 0 radical (unpaired) electrons. The Balaban J connectivity index is 2.09. The lowest BCUT2D eigenvalue weighted by Gasteiger charge is -2.00. The van der Waals surface area contributed by atoms with E-state index in [1.54, 1.807) is 19.1 Å². The molecule has 20 heavy (non-hydrogen) atoms. The smallest absolute Gasteiger partial charge is 0.306 e. The number of halogens is 2. The number of hydrogen-bond acceptors (Lipinski definition) is 4. The van der Waals surface area contributed by atoms with Crippen molar-refractivity contribution in [2.45, 2.75) is 19.8 Å². The van der Waals surface area contributed by atoms with Crippen LogP contribution in [0.2, 0.25) is 0 Å². The summed E-state index contributed by atoms with van der Waals surface area (Å²) in [7, 11) is 0. The molecule has 0 bridgehead atoms. The third-order valence-electron chi connectivity index (χ3n) is 2.60. The fourth-order valence-corrected chi connectivity index (χ4v) is 2.90. The van der Waals surface area contributed by atoms with Crippen molar-refractivity contribution < 1.29 is 13.9 Å². The summed E-state index contributed by atoms with van der Waals surface area (Å²) in [6.45, 7) is 2.15. The number of carbonyl (C=O) groups is 1. The van der Waals surface area contributed by atoms with Crippen LogP contribution in [0.25, 0.3) is 10.6 Å². The lowest BCUT2D eigenvalue weighted by atomic mass is 10.2. The number of aromatic nitrogens is 1. The van der Waals surface area contributed by atoms with Crippen LogP contribution >= 0.6 is 27.3 Å². The topological polar surface area (TPSA) is 39.2 Å². The molecule has 1 aromatic heterocycles. The van der Waals surface area contributed by atoms with Crippen molar-refractivity contribution in [3.05, 3.63) is 39.6 Å². The minimum atomic E-state index is -0.306. The van der Waals surface area contributed by atoms with Crippen molar-refractivity contribution in [1.82, 2.24) is 4.98 Å². The normalized spacial score (nSPS) is 10.6. The van der Waals surface area contributed by atoms with E-state index in [4.69, 9.17) is 4.74 Å². The summed E-state index contributed by atoms with van der Waals surface area (Å²) in [6, 6.07) is 4.75. The minimum Gasteiger partial charge on any atom is -0.466 e. The number of thiazole rings is 1. The molecule has 0 aliphatic carbocycles. The second-order valence-electron chi connectivity index (χ2n) is 4.07. The van der Waals surface area contributed by atoms with Crippen LogP contribution in [0.5, 0.6) is 0 Å². The second kappa shape index (κ2) is 6.95. The highest BCUT2D eigenvalue weighted by Crippen LogP contribution is 2.29. The zero-order valence-corrected chi connectivity index (χ0v) is 13.3. The molecule has 0 saturated carbocycles. The number of carbonyl (C=O) groups excluding carboxylic acids is 1. The first kappa shape index (κ1) is 15.1. The van der Waals surface area contributed by atoms with Gasteiger partial charge in [0.05, 0.1) is 18.7 Å². The lowest BCUT2D eigenvalue weighted by Crippen LogP contribution is -2.05. The molecule has 0 atom stereocenters. The standard InChI is InChI=1S/C14H13BrFNO2S/c1-2-19-13(18)6-4-10-8-20-14(17-10)11-7-9(15)3-5-12(11)16/h3,5,7-8H,2,4,6H2,1H3. The van der Waals surface area contributed by atoms with Gasteiger partial charge in [-0.25, -0.2) is 9.37 Å². The summed E-state index contributed by atoms with van der Waals surface area (Å²) in [5.74, 6) is -0.546. The van der Waals surface area contributed by atoms with Crippen LogP contribution in [0.3, 0.4) is 0 Å². The zero-order chi connectivity index (χ0) is 14.5. The number of aryl methyl sites for hydroxylation is 1. The highest BCUT2D eigenvalue weighted by Gasteiger charge is 2.11. The molecule has 0 fully saturated rings. The Hall–Kier alpha value is -1.27. The molecule has 0 unspecified atom stereocenters. The van der Waals surface area contributed by atoms with Crippen LogP contribution in [0.15, 0.2) is 28.1 Å². The van der Waals surface area contributed by atoms with Gasteiger partial charge in [-0.05, 0) is 25.1 Å². The van der Waals surface area contributed by atoms with Crippen LogP contribution in [0.1, 0.15) is 19.0 Å². The third kappa shape index (κ3) is 3.86. The van der Waals surface area contributed by atoms with Gasteiger partial charge in [0, 0.05) is 21.8 Å². The Morgan fingerprint density at radius 1 is 1.50 bits per heavy atom. The average Bonchev–Trinajstić information content (AvgIpc) is 2.88. The molecule has 0 saturated heterocycles. The molecule has 0 N–H and O–H groups in total. The highest BCUT2D eigenvalue weighted by molar-refractivity contribution is 9.10. The first-order valence-corrected chi connectivity index (χ1v) is 7.83. The molecular weight excluding hydrogens is 345 g/mol. The summed E-state index contributed by atoms with van der Waals surface area (Å²) in [5.41, 5.74) is 1.24. The molecule has 2 aromatic rings. The average molecular weight is 358 g/mol. The van der Waals surface area contributed by atoms with E-state index >= 15 is 0 Å². The van der Waals surface area contributed by atoms with Crippen molar-refractivity contribution in [3.8, 4) is 10.6 Å². The molecule has 0 spiro atoms. The number of benzene rings is 1. The van der Waals surface area contributed by atoms with Gasteiger partial charge in [-0.3, -0.25) is 4.79 Å². The van der Waals surface area contributed by atoms with E-state index in [0.29, 0.717) is 23.6 Å². The molecule has 3 nitrogen and oxygen atoms in total. The SMILES string of the molecule is CCOC(=O)CCc1csc(-c2cc(Br)ccc2F)n1. The van der Waals surface area contributed by atoms with Crippen molar-refractivity contribution in [3.63, 3.8) is 0 Å². The molecule has 106 valence electrons. The van der Waals surface area contributed by atoms with E-state index in [1.165, 1.54) is 17.4 Å². The summed E-state index contributed by atoms with van der Waals surface area (Å²) in [6.07, 6.45) is 0.795. The minimum absolute atomic E-state index is 0.240. The predicted octanol–water partition coefficient (Wildman–Crippen LogP) is 4.21. The number of esters is 1. The van der Waals surface area contributed by atoms with E-state index in [9.17, 15) is 9.18 Å². The van der Waals surface area contributed by atoms with Crippen LogP contribution in [0.4, 0.5) is 4.39 Å². The quantitative estimate of drug-likeness (QED) is 0.752.